The van der Waals surface area contributed by atoms with Gasteiger partial charge in [0.1, 0.15) is 0 Å². The third kappa shape index (κ3) is 5.01. The number of thiophene rings is 1. The number of rotatable bonds is 9. The molecule has 0 radical (unpaired) electrons. The maximum Gasteiger partial charge on any atom is 0.259 e. The van der Waals surface area contributed by atoms with Gasteiger partial charge in [0.2, 0.25) is 10.0 Å². The first-order valence-corrected chi connectivity index (χ1v) is 11.9. The van der Waals surface area contributed by atoms with E-state index >= 15 is 0 Å². The molecule has 2 N–H and O–H groups in total. The van der Waals surface area contributed by atoms with Crippen molar-refractivity contribution in [1.82, 2.24) is 14.6 Å². The largest absolute Gasteiger partial charge is 0.493 e. The van der Waals surface area contributed by atoms with Crippen molar-refractivity contribution in [3.63, 3.8) is 0 Å². The van der Waals surface area contributed by atoms with Gasteiger partial charge in [0, 0.05) is 48.0 Å². The number of nitrogens with zero attached hydrogens (tertiary/aromatic N) is 1. The minimum absolute atomic E-state index is 0.0598. The molecule has 1 aromatic carbocycles. The van der Waals surface area contributed by atoms with Crippen LogP contribution in [0.1, 0.15) is 4.88 Å². The van der Waals surface area contributed by atoms with Crippen LogP contribution in [0.3, 0.4) is 0 Å². The summed E-state index contributed by atoms with van der Waals surface area (Å²) in [5, 5.41) is 3.85. The molecule has 2 heterocycles. The van der Waals surface area contributed by atoms with Gasteiger partial charge in [-0.2, -0.15) is 0 Å². The van der Waals surface area contributed by atoms with E-state index in [0.717, 1.165) is 27.0 Å². The Morgan fingerprint density at radius 2 is 1.83 bits per heavy atom. The lowest BCUT2D eigenvalue weighted by atomic mass is 10.1. The second kappa shape index (κ2) is 9.17. The van der Waals surface area contributed by atoms with Gasteiger partial charge in [-0.3, -0.25) is 4.79 Å². The van der Waals surface area contributed by atoms with Crippen LogP contribution in [0.4, 0.5) is 0 Å². The van der Waals surface area contributed by atoms with Crippen LogP contribution in [0, 0.1) is 0 Å². The lowest BCUT2D eigenvalue weighted by molar-refractivity contribution is 0.355. The van der Waals surface area contributed by atoms with E-state index in [4.69, 9.17) is 9.47 Å². The number of nitrogens with one attached hydrogen (secondary N) is 2. The average Bonchev–Trinajstić information content (AvgIpc) is 3.13. The minimum Gasteiger partial charge on any atom is -0.493 e. The Bertz CT molecular complexity index is 1220. The number of benzene rings is 1. The molecule has 8 nitrogen and oxygen atoms in total. The molecule has 0 bridgehead atoms. The maximum atomic E-state index is 12.7. The van der Waals surface area contributed by atoms with Gasteiger partial charge in [-0.1, -0.05) is 6.07 Å². The van der Waals surface area contributed by atoms with Crippen LogP contribution in [-0.4, -0.2) is 46.5 Å². The topological polar surface area (TPSA) is 98.7 Å². The maximum absolute atomic E-state index is 12.7. The normalized spacial score (nSPS) is 11.7. The third-order valence-electron chi connectivity index (χ3n) is 4.56. The molecule has 3 aromatic rings. The fraction of sp³-hybridized carbons (Fsp3) is 0.350. The van der Waals surface area contributed by atoms with E-state index in [9.17, 15) is 13.2 Å². The van der Waals surface area contributed by atoms with Crippen molar-refractivity contribution in [3.8, 4) is 22.6 Å². The average molecular weight is 452 g/mol. The van der Waals surface area contributed by atoms with Crippen LogP contribution >= 0.6 is 11.3 Å². The predicted molar refractivity (Wildman–Crippen MR) is 120 cm³/mol. The van der Waals surface area contributed by atoms with E-state index in [2.05, 4.69) is 10.0 Å². The molecule has 0 aliphatic heterocycles. The number of pyridine rings is 1. The Morgan fingerprint density at radius 3 is 2.50 bits per heavy atom. The molecule has 0 unspecified atom stereocenters. The van der Waals surface area contributed by atoms with Crippen LogP contribution in [-0.2, 0) is 23.6 Å². The second-order valence-electron chi connectivity index (χ2n) is 6.83. The van der Waals surface area contributed by atoms with E-state index in [1.165, 1.54) is 0 Å². The van der Waals surface area contributed by atoms with Gasteiger partial charge in [0.05, 0.1) is 25.9 Å². The highest BCUT2D eigenvalue weighted by Crippen LogP contribution is 2.37. The van der Waals surface area contributed by atoms with Crippen molar-refractivity contribution in [3.05, 3.63) is 45.7 Å². The van der Waals surface area contributed by atoms with Gasteiger partial charge >= 0.3 is 0 Å². The minimum atomic E-state index is -3.20. The number of methoxy groups -OCH3 is 2. The Morgan fingerprint density at radius 1 is 1.10 bits per heavy atom. The Kier molecular flexibility index (Phi) is 6.81. The molecule has 162 valence electrons. The van der Waals surface area contributed by atoms with Crippen molar-refractivity contribution in [2.45, 2.75) is 6.54 Å². The molecule has 0 aliphatic rings. The Labute approximate surface area is 179 Å². The molecule has 0 atom stereocenters. The van der Waals surface area contributed by atoms with Crippen molar-refractivity contribution in [1.29, 1.82) is 0 Å². The molecule has 0 amide bonds. The number of fused-ring (bicyclic) bond motifs is 1. The summed E-state index contributed by atoms with van der Waals surface area (Å²) in [7, 11) is 1.71. The fourth-order valence-corrected chi connectivity index (χ4v) is 4.76. The Balaban J connectivity index is 1.91. The molecule has 0 fully saturated rings. The number of sulfonamides is 1. The molecule has 10 heteroatoms. The van der Waals surface area contributed by atoms with Crippen molar-refractivity contribution < 1.29 is 17.9 Å². The first-order chi connectivity index (χ1) is 14.2. The zero-order chi connectivity index (χ0) is 21.9. The van der Waals surface area contributed by atoms with E-state index in [1.54, 1.807) is 37.2 Å². The zero-order valence-electron chi connectivity index (χ0n) is 17.3. The highest BCUT2D eigenvalue weighted by atomic mass is 32.2. The smallest absolute Gasteiger partial charge is 0.259 e. The summed E-state index contributed by atoms with van der Waals surface area (Å²) in [4.78, 5) is 13.7. The quantitative estimate of drug-likeness (QED) is 0.483. The molecule has 30 heavy (non-hydrogen) atoms. The van der Waals surface area contributed by atoms with Crippen molar-refractivity contribution >= 4 is 31.4 Å². The van der Waals surface area contributed by atoms with Crippen molar-refractivity contribution in [2.75, 3.05) is 33.6 Å². The molecule has 0 spiro atoms. The van der Waals surface area contributed by atoms with Crippen LogP contribution in [0.5, 0.6) is 11.5 Å². The lowest BCUT2D eigenvalue weighted by Gasteiger charge is -2.11. The Hall–Kier alpha value is -2.40. The lowest BCUT2D eigenvalue weighted by Crippen LogP contribution is -2.30. The second-order valence-corrected chi connectivity index (χ2v) is 9.80. The summed E-state index contributed by atoms with van der Waals surface area (Å²) in [5.41, 5.74) is 1.80. The summed E-state index contributed by atoms with van der Waals surface area (Å²) >= 11 is 1.54. The highest BCUT2D eigenvalue weighted by Gasteiger charge is 2.15. The molecule has 0 saturated heterocycles. The summed E-state index contributed by atoms with van der Waals surface area (Å²) in [6, 6.07) is 7.57. The summed E-state index contributed by atoms with van der Waals surface area (Å²) < 4.78 is 37.9. The van der Waals surface area contributed by atoms with E-state index in [1.807, 2.05) is 30.5 Å². The van der Waals surface area contributed by atoms with E-state index in [-0.39, 0.29) is 5.56 Å². The van der Waals surface area contributed by atoms with Crippen LogP contribution < -0.4 is 25.1 Å². The zero-order valence-corrected chi connectivity index (χ0v) is 18.9. The van der Waals surface area contributed by atoms with Gasteiger partial charge in [0.25, 0.3) is 5.56 Å². The third-order valence-corrected chi connectivity index (χ3v) is 6.46. The van der Waals surface area contributed by atoms with Gasteiger partial charge < -0.3 is 19.4 Å². The first kappa shape index (κ1) is 22.3. The molecule has 2 aromatic heterocycles. The monoisotopic (exact) mass is 451 g/mol. The first-order valence-electron chi connectivity index (χ1n) is 9.23. The van der Waals surface area contributed by atoms with E-state index < -0.39 is 10.0 Å². The summed E-state index contributed by atoms with van der Waals surface area (Å²) in [5.74, 6) is 1.26. The summed E-state index contributed by atoms with van der Waals surface area (Å²) in [6.07, 6.45) is 2.96. The van der Waals surface area contributed by atoms with E-state index in [0.29, 0.717) is 36.5 Å². The fourth-order valence-electron chi connectivity index (χ4n) is 3.13. The number of ether oxygens (including phenoxy) is 2. The molecule has 0 saturated carbocycles. The van der Waals surface area contributed by atoms with Gasteiger partial charge in [-0.15, -0.1) is 11.3 Å². The molecule has 0 aliphatic carbocycles. The molecular weight excluding hydrogens is 426 g/mol. The van der Waals surface area contributed by atoms with Crippen LogP contribution in [0.15, 0.2) is 35.3 Å². The van der Waals surface area contributed by atoms with Gasteiger partial charge in [0.15, 0.2) is 11.5 Å². The highest BCUT2D eigenvalue weighted by molar-refractivity contribution is 7.88. The van der Waals surface area contributed by atoms with Gasteiger partial charge in [-0.05, 0) is 23.8 Å². The molecular formula is C20H25N3O5S2. The van der Waals surface area contributed by atoms with Gasteiger partial charge in [-0.25, -0.2) is 13.1 Å². The SMILES string of the molecule is COc1ccc(-c2cn(C)c(=O)c3cc(CNCCNS(C)(=O)=O)sc23)cc1OC. The number of aryl methyl sites for hydroxylation is 1. The number of hydrogen-bond donors (Lipinski definition) is 2. The standard InChI is InChI=1S/C20H25N3O5S2/c1-23-12-16(13-5-6-17(27-2)18(9-13)28-3)19-15(20(23)24)10-14(29-19)11-21-7-8-22-30(4,25)26/h5-6,9-10,12,21-22H,7-8,11H2,1-4H3. The van der Waals surface area contributed by atoms with Crippen molar-refractivity contribution in [2.24, 2.45) is 7.05 Å². The molecule has 3 rings (SSSR count). The van der Waals surface area contributed by atoms with Crippen LogP contribution in [0.2, 0.25) is 0 Å². The predicted octanol–water partition coefficient (Wildman–Crippen LogP) is 1.92. The number of hydrogen-bond acceptors (Lipinski definition) is 7. The number of aromatic nitrogens is 1. The summed E-state index contributed by atoms with van der Waals surface area (Å²) in [6.45, 7) is 1.34. The van der Waals surface area contributed by atoms with Crippen LogP contribution in [0.25, 0.3) is 21.2 Å².